The summed E-state index contributed by atoms with van der Waals surface area (Å²) in [6, 6.07) is -0.858. The first-order valence-electron chi connectivity index (χ1n) is 26.4. The number of aliphatic hydroxyl groups is 1. The van der Waals surface area contributed by atoms with Crippen LogP contribution in [0.25, 0.3) is 0 Å². The Morgan fingerprint density at radius 1 is 0.532 bits per heavy atom. The Morgan fingerprint density at radius 2 is 0.919 bits per heavy atom. The van der Waals surface area contributed by atoms with Crippen molar-refractivity contribution in [2.75, 3.05) is 40.9 Å². The average Bonchev–Trinajstić information content (AvgIpc) is 3.23. The Kier molecular flexibility index (Phi) is 44.0. The molecular weight excluding hydrogens is 792 g/mol. The summed E-state index contributed by atoms with van der Waals surface area (Å²) in [5.74, 6) is -0.189. The average molecular weight is 896 g/mol. The molecule has 0 spiro atoms. The van der Waals surface area contributed by atoms with Crippen LogP contribution in [0.4, 0.5) is 0 Å². The van der Waals surface area contributed by atoms with E-state index < -0.39 is 20.0 Å². The van der Waals surface area contributed by atoms with Gasteiger partial charge < -0.3 is 19.8 Å². The van der Waals surface area contributed by atoms with Gasteiger partial charge in [0.05, 0.1) is 39.9 Å². The van der Waals surface area contributed by atoms with Crippen molar-refractivity contribution < 1.29 is 32.9 Å². The molecule has 62 heavy (non-hydrogen) atoms. The molecule has 1 amide bonds. The smallest absolute Gasteiger partial charge is 0.387 e. The third kappa shape index (κ3) is 46.7. The molecule has 0 aromatic carbocycles. The number of carbonyl (C=O) groups is 1. The van der Waals surface area contributed by atoms with E-state index in [9.17, 15) is 19.4 Å². The van der Waals surface area contributed by atoms with E-state index in [0.717, 1.165) is 44.9 Å². The van der Waals surface area contributed by atoms with Crippen molar-refractivity contribution >= 4 is 13.7 Å². The lowest BCUT2D eigenvalue weighted by atomic mass is 10.0. The number of hydrogen-bond acceptors (Lipinski definition) is 5. The van der Waals surface area contributed by atoms with Gasteiger partial charge in [-0.3, -0.25) is 13.8 Å². The molecule has 0 saturated carbocycles. The first-order valence-corrected chi connectivity index (χ1v) is 27.9. The molecule has 0 radical (unpaired) electrons. The van der Waals surface area contributed by atoms with Gasteiger partial charge in [-0.25, -0.2) is 4.57 Å². The standard InChI is InChI=1S/C53H103N2O6P/c1-6-8-10-12-14-15-16-17-18-19-20-21-22-23-24-25-26-27-28-29-30-31-32-33-34-35-36-37-38-39-41-43-45-47-53(57)54-51(52(56)46-44-42-40-13-11-9-7-2)50-61-62(58,59)60-49-48-55(3,4)5/h11,13,19-20,44,46,51-52,56H,6-10,12,14-18,21-43,45,47-50H2,1-5H3,(H-,54,57,58,59)/p+1/b13-11+,20-19-,46-44+. The molecule has 8 nitrogen and oxygen atoms in total. The highest BCUT2D eigenvalue weighted by molar-refractivity contribution is 7.47. The van der Waals surface area contributed by atoms with Gasteiger partial charge in [-0.05, 0) is 51.4 Å². The minimum Gasteiger partial charge on any atom is -0.387 e. The summed E-state index contributed by atoms with van der Waals surface area (Å²) in [5, 5.41) is 13.7. The van der Waals surface area contributed by atoms with Crippen molar-refractivity contribution in [2.45, 2.75) is 257 Å². The maximum Gasteiger partial charge on any atom is 0.472 e. The van der Waals surface area contributed by atoms with Gasteiger partial charge in [0.1, 0.15) is 13.2 Å². The van der Waals surface area contributed by atoms with Crippen molar-refractivity contribution in [1.29, 1.82) is 0 Å². The number of quaternary nitrogens is 1. The lowest BCUT2D eigenvalue weighted by Crippen LogP contribution is -2.45. The van der Waals surface area contributed by atoms with Gasteiger partial charge in [0, 0.05) is 6.42 Å². The Bertz CT molecular complexity index is 1110. The molecular formula is C53H104N2O6P+. The van der Waals surface area contributed by atoms with Crippen LogP contribution < -0.4 is 5.32 Å². The van der Waals surface area contributed by atoms with Crippen molar-refractivity contribution in [3.8, 4) is 0 Å². The number of phosphoric acid groups is 1. The highest BCUT2D eigenvalue weighted by Crippen LogP contribution is 2.43. The lowest BCUT2D eigenvalue weighted by Gasteiger charge is -2.25. The van der Waals surface area contributed by atoms with Gasteiger partial charge in [-0.2, -0.15) is 0 Å². The van der Waals surface area contributed by atoms with Crippen molar-refractivity contribution in [1.82, 2.24) is 5.32 Å². The lowest BCUT2D eigenvalue weighted by molar-refractivity contribution is -0.870. The quantitative estimate of drug-likeness (QED) is 0.0243. The number of unbranched alkanes of at least 4 members (excludes halogenated alkanes) is 31. The molecule has 9 heteroatoms. The molecule has 3 N–H and O–H groups in total. The zero-order valence-electron chi connectivity index (χ0n) is 41.6. The monoisotopic (exact) mass is 896 g/mol. The summed E-state index contributed by atoms with van der Waals surface area (Å²) < 4.78 is 23.4. The first-order chi connectivity index (χ1) is 30.0. The number of carbonyl (C=O) groups excluding carboxylic acids is 1. The second-order valence-corrected chi connectivity index (χ2v) is 20.7. The Labute approximate surface area is 385 Å². The molecule has 0 aliphatic rings. The number of phosphoric ester groups is 1. The molecule has 0 heterocycles. The Morgan fingerprint density at radius 3 is 1.35 bits per heavy atom. The number of aliphatic hydroxyl groups excluding tert-OH is 1. The molecule has 0 aliphatic heterocycles. The summed E-state index contributed by atoms with van der Waals surface area (Å²) in [7, 11) is 1.56. The number of nitrogens with one attached hydrogen (secondary N) is 1. The van der Waals surface area contributed by atoms with E-state index in [-0.39, 0.29) is 19.1 Å². The summed E-state index contributed by atoms with van der Waals surface area (Å²) >= 11 is 0. The van der Waals surface area contributed by atoms with Crippen molar-refractivity contribution in [3.63, 3.8) is 0 Å². The topological polar surface area (TPSA) is 105 Å². The molecule has 0 aliphatic carbocycles. The number of amides is 1. The predicted octanol–water partition coefficient (Wildman–Crippen LogP) is 15.4. The highest BCUT2D eigenvalue weighted by atomic mass is 31.2. The maximum absolute atomic E-state index is 12.8. The molecule has 0 fully saturated rings. The Hall–Kier alpha value is -1.28. The molecule has 0 saturated heterocycles. The van der Waals surface area contributed by atoms with Crippen LogP contribution in [0, 0.1) is 0 Å². The predicted molar refractivity (Wildman–Crippen MR) is 268 cm³/mol. The van der Waals surface area contributed by atoms with Crippen molar-refractivity contribution in [2.24, 2.45) is 0 Å². The van der Waals surface area contributed by atoms with Gasteiger partial charge in [0.15, 0.2) is 0 Å². The number of nitrogens with zero attached hydrogens (tertiary/aromatic N) is 1. The minimum absolute atomic E-state index is 0.0566. The number of hydrogen-bond donors (Lipinski definition) is 3. The van der Waals surface area contributed by atoms with Gasteiger partial charge in [0.25, 0.3) is 0 Å². The van der Waals surface area contributed by atoms with Crippen LogP contribution in [-0.4, -0.2) is 73.4 Å². The van der Waals surface area contributed by atoms with Crippen LogP contribution in [0.5, 0.6) is 0 Å². The SMILES string of the molecule is CCC/C=C/CC/C=C/C(O)C(COP(=O)(O)OCC[N+](C)(C)C)NC(=O)CCCCCCCCCCCCCCCCCCCCCCC/C=C\CCCCCCCCCC. The van der Waals surface area contributed by atoms with E-state index in [0.29, 0.717) is 17.4 Å². The van der Waals surface area contributed by atoms with Crippen LogP contribution >= 0.6 is 7.82 Å². The van der Waals surface area contributed by atoms with Gasteiger partial charge in [-0.1, -0.05) is 224 Å². The molecule has 3 unspecified atom stereocenters. The zero-order chi connectivity index (χ0) is 45.7. The van der Waals surface area contributed by atoms with Gasteiger partial charge in [-0.15, -0.1) is 0 Å². The molecule has 0 rings (SSSR count). The summed E-state index contributed by atoms with van der Waals surface area (Å²) in [4.78, 5) is 23.0. The van der Waals surface area contributed by atoms with Crippen molar-refractivity contribution in [3.05, 3.63) is 36.5 Å². The third-order valence-corrected chi connectivity index (χ3v) is 12.8. The second kappa shape index (κ2) is 44.9. The van der Waals surface area contributed by atoms with Crippen LogP contribution in [0.1, 0.15) is 245 Å². The number of rotatable bonds is 48. The third-order valence-electron chi connectivity index (χ3n) is 11.8. The van der Waals surface area contributed by atoms with E-state index in [1.165, 1.54) is 180 Å². The number of likely N-dealkylation sites (N-methyl/N-ethyl adjacent to an activating group) is 1. The van der Waals surface area contributed by atoms with Crippen LogP contribution in [0.15, 0.2) is 36.5 Å². The number of allylic oxidation sites excluding steroid dienone is 5. The first kappa shape index (κ1) is 60.7. The molecule has 0 bridgehead atoms. The van der Waals surface area contributed by atoms with E-state index in [2.05, 4.69) is 43.5 Å². The van der Waals surface area contributed by atoms with Crippen LogP contribution in [0.3, 0.4) is 0 Å². The molecule has 3 atom stereocenters. The van der Waals surface area contributed by atoms with E-state index in [1.807, 2.05) is 27.2 Å². The van der Waals surface area contributed by atoms with Gasteiger partial charge >= 0.3 is 7.82 Å². The maximum atomic E-state index is 12.8. The van der Waals surface area contributed by atoms with Crippen LogP contribution in [0.2, 0.25) is 0 Å². The second-order valence-electron chi connectivity index (χ2n) is 19.2. The zero-order valence-corrected chi connectivity index (χ0v) is 42.5. The van der Waals surface area contributed by atoms with E-state index in [4.69, 9.17) is 9.05 Å². The van der Waals surface area contributed by atoms with E-state index >= 15 is 0 Å². The fraction of sp³-hybridized carbons (Fsp3) is 0.868. The summed E-state index contributed by atoms with van der Waals surface area (Å²) in [6.45, 7) is 4.69. The summed E-state index contributed by atoms with van der Waals surface area (Å²) in [5.41, 5.74) is 0. The Balaban J connectivity index is 3.84. The van der Waals surface area contributed by atoms with Gasteiger partial charge in [0.2, 0.25) is 5.91 Å². The normalized spacial score (nSPS) is 14.4. The van der Waals surface area contributed by atoms with E-state index in [1.54, 1.807) is 6.08 Å². The molecule has 0 aromatic rings. The molecule has 0 aromatic heterocycles. The fourth-order valence-electron chi connectivity index (χ4n) is 7.65. The van der Waals surface area contributed by atoms with Crippen LogP contribution in [-0.2, 0) is 18.4 Å². The molecule has 366 valence electrons. The fourth-order valence-corrected chi connectivity index (χ4v) is 8.39. The largest absolute Gasteiger partial charge is 0.472 e. The minimum atomic E-state index is -4.34. The highest BCUT2D eigenvalue weighted by Gasteiger charge is 2.27. The summed E-state index contributed by atoms with van der Waals surface area (Å²) in [6.07, 6.45) is 57.2.